The molecule has 2 aromatic heterocycles. The molecule has 1 fully saturated rings. The van der Waals surface area contributed by atoms with Gasteiger partial charge in [-0.15, -0.1) is 12.3 Å². The van der Waals surface area contributed by atoms with Crippen molar-refractivity contribution in [1.29, 1.82) is 0 Å². The van der Waals surface area contributed by atoms with E-state index in [2.05, 4.69) is 27.7 Å². The number of aliphatic hydroxyl groups is 2. The lowest BCUT2D eigenvalue weighted by atomic mass is 10.2. The van der Waals surface area contributed by atoms with Crippen LogP contribution < -0.4 is 11.3 Å². The van der Waals surface area contributed by atoms with Crippen LogP contribution in [0, 0.1) is 24.2 Å². The maximum absolute atomic E-state index is 12.4. The molecule has 0 bridgehead atoms. The molecular weight excluding hydrogens is 348 g/mol. The molecule has 3 heterocycles. The number of fused-ring (bicyclic) bond motifs is 1. The number of terminal acetylenes is 1. The third-order valence-corrected chi connectivity index (χ3v) is 4.49. The summed E-state index contributed by atoms with van der Waals surface area (Å²) >= 11 is 0. The Morgan fingerprint density at radius 1 is 1.44 bits per heavy atom. The molecule has 8 nitrogen and oxygen atoms in total. The first kappa shape index (κ1) is 19.0. The van der Waals surface area contributed by atoms with E-state index in [1.807, 2.05) is 0 Å². The standard InChI is InChI=1S/C19H22N4O4/c1-2-3-4-5-6-7-8-12-10-23(15-9-13(25)14(11-24)27-15)17-16(12)18(26)22-19(20)21-17/h1,10,13-15,24-25H,3-6,9,11H2,(H3,20,21,22,26)/t13-,14+,15+/m0/s1. The van der Waals surface area contributed by atoms with Gasteiger partial charge in [0.15, 0.2) is 5.65 Å². The molecule has 8 heteroatoms. The summed E-state index contributed by atoms with van der Waals surface area (Å²) in [6, 6.07) is 0. The van der Waals surface area contributed by atoms with Gasteiger partial charge < -0.3 is 25.3 Å². The maximum atomic E-state index is 12.4. The summed E-state index contributed by atoms with van der Waals surface area (Å²) in [6.45, 7) is -0.294. The lowest BCUT2D eigenvalue weighted by molar-refractivity contribution is -0.0430. The number of anilines is 1. The SMILES string of the molecule is C#CCCCCC#Cc1cn([C@H]2C[C@H](O)[C@@H](CO)O2)c2nc(N)[nH]c(=O)c12. The molecule has 0 saturated carbocycles. The summed E-state index contributed by atoms with van der Waals surface area (Å²) in [5, 5.41) is 19.6. The zero-order valence-electron chi connectivity index (χ0n) is 14.8. The summed E-state index contributed by atoms with van der Waals surface area (Å²) in [5.41, 5.74) is 6.16. The van der Waals surface area contributed by atoms with Crippen molar-refractivity contribution in [3.05, 3.63) is 22.1 Å². The first-order chi connectivity index (χ1) is 13.0. The van der Waals surface area contributed by atoms with Gasteiger partial charge in [-0.25, -0.2) is 0 Å². The predicted molar refractivity (Wildman–Crippen MR) is 101 cm³/mol. The Labute approximate surface area is 156 Å². The Hall–Kier alpha value is -2.78. The molecule has 0 aliphatic carbocycles. The lowest BCUT2D eigenvalue weighted by Crippen LogP contribution is -2.24. The van der Waals surface area contributed by atoms with Crippen molar-refractivity contribution >= 4 is 17.0 Å². The number of nitrogens with zero attached hydrogens (tertiary/aromatic N) is 2. The Bertz CT molecular complexity index is 976. The molecule has 1 saturated heterocycles. The molecule has 3 rings (SSSR count). The normalized spacial score (nSPS) is 21.7. The second-order valence-corrected chi connectivity index (χ2v) is 6.43. The third kappa shape index (κ3) is 3.99. The van der Waals surface area contributed by atoms with E-state index >= 15 is 0 Å². The number of nitrogens with one attached hydrogen (secondary N) is 1. The fraction of sp³-hybridized carbons (Fsp3) is 0.474. The number of aliphatic hydroxyl groups excluding tert-OH is 2. The minimum absolute atomic E-state index is 0.0158. The fourth-order valence-corrected chi connectivity index (χ4v) is 3.14. The van der Waals surface area contributed by atoms with E-state index in [4.69, 9.17) is 16.9 Å². The van der Waals surface area contributed by atoms with Crippen LogP contribution in [0.25, 0.3) is 11.0 Å². The van der Waals surface area contributed by atoms with E-state index < -0.39 is 18.4 Å². The van der Waals surface area contributed by atoms with E-state index in [0.29, 0.717) is 23.0 Å². The van der Waals surface area contributed by atoms with Crippen LogP contribution in [0.15, 0.2) is 11.0 Å². The number of hydrogen-bond acceptors (Lipinski definition) is 6. The van der Waals surface area contributed by atoms with Crippen molar-refractivity contribution in [2.75, 3.05) is 12.3 Å². The van der Waals surface area contributed by atoms with Crippen molar-refractivity contribution in [3.63, 3.8) is 0 Å². The number of ether oxygens (including phenoxy) is 1. The molecule has 142 valence electrons. The van der Waals surface area contributed by atoms with Crippen LogP contribution in [0.5, 0.6) is 0 Å². The molecule has 0 spiro atoms. The first-order valence-corrected chi connectivity index (χ1v) is 8.82. The van der Waals surface area contributed by atoms with Gasteiger partial charge in [0.2, 0.25) is 5.95 Å². The largest absolute Gasteiger partial charge is 0.394 e. The molecule has 1 aliphatic rings. The Morgan fingerprint density at radius 3 is 2.93 bits per heavy atom. The fourth-order valence-electron chi connectivity index (χ4n) is 3.14. The number of H-pyrrole nitrogens is 1. The van der Waals surface area contributed by atoms with E-state index in [-0.39, 0.29) is 24.5 Å². The predicted octanol–water partition coefficient (Wildman–Crippen LogP) is 0.493. The topological polar surface area (TPSA) is 126 Å². The highest BCUT2D eigenvalue weighted by molar-refractivity contribution is 5.83. The quantitative estimate of drug-likeness (QED) is 0.448. The first-order valence-electron chi connectivity index (χ1n) is 8.82. The smallest absolute Gasteiger partial charge is 0.263 e. The molecule has 1 aliphatic heterocycles. The highest BCUT2D eigenvalue weighted by Gasteiger charge is 2.35. The summed E-state index contributed by atoms with van der Waals surface area (Å²) in [4.78, 5) is 19.1. The van der Waals surface area contributed by atoms with E-state index in [9.17, 15) is 15.0 Å². The second kappa shape index (κ2) is 8.28. The average molecular weight is 370 g/mol. The number of nitrogen functional groups attached to an aromatic ring is 1. The van der Waals surface area contributed by atoms with Crippen molar-refractivity contribution in [2.45, 2.75) is 50.5 Å². The minimum Gasteiger partial charge on any atom is -0.394 e. The molecular formula is C19H22N4O4. The van der Waals surface area contributed by atoms with Gasteiger partial charge in [0.1, 0.15) is 12.3 Å². The van der Waals surface area contributed by atoms with E-state index in [0.717, 1.165) is 19.3 Å². The van der Waals surface area contributed by atoms with Crippen LogP contribution in [0.2, 0.25) is 0 Å². The van der Waals surface area contributed by atoms with Crippen LogP contribution in [-0.2, 0) is 4.74 Å². The minimum atomic E-state index is -0.803. The van der Waals surface area contributed by atoms with Crippen LogP contribution in [0.4, 0.5) is 5.95 Å². The van der Waals surface area contributed by atoms with Gasteiger partial charge in [-0.05, 0) is 12.8 Å². The lowest BCUT2D eigenvalue weighted by Gasteiger charge is -2.14. The maximum Gasteiger partial charge on any atom is 0.263 e. The van der Waals surface area contributed by atoms with E-state index in [1.54, 1.807) is 10.8 Å². The number of nitrogens with two attached hydrogens (primary N) is 1. The summed E-state index contributed by atoms with van der Waals surface area (Å²) in [5.74, 6) is 8.64. The van der Waals surface area contributed by atoms with Gasteiger partial charge in [0, 0.05) is 25.5 Å². The summed E-state index contributed by atoms with van der Waals surface area (Å²) in [7, 11) is 0. The van der Waals surface area contributed by atoms with Crippen LogP contribution in [-0.4, -0.2) is 43.6 Å². The van der Waals surface area contributed by atoms with Crippen molar-refractivity contribution in [3.8, 4) is 24.2 Å². The van der Waals surface area contributed by atoms with Gasteiger partial charge in [-0.1, -0.05) is 11.8 Å². The molecule has 0 amide bonds. The monoisotopic (exact) mass is 370 g/mol. The van der Waals surface area contributed by atoms with Gasteiger partial charge in [0.25, 0.3) is 5.56 Å². The van der Waals surface area contributed by atoms with Gasteiger partial charge >= 0.3 is 0 Å². The summed E-state index contributed by atoms with van der Waals surface area (Å²) < 4.78 is 7.32. The second-order valence-electron chi connectivity index (χ2n) is 6.43. The van der Waals surface area contributed by atoms with Crippen LogP contribution in [0.1, 0.15) is 43.9 Å². The molecule has 0 aromatic carbocycles. The zero-order valence-corrected chi connectivity index (χ0v) is 14.8. The molecule has 0 unspecified atom stereocenters. The summed E-state index contributed by atoms with van der Waals surface area (Å²) in [6.07, 6.45) is 8.29. The Kier molecular flexibility index (Phi) is 5.82. The highest BCUT2D eigenvalue weighted by atomic mass is 16.5. The van der Waals surface area contributed by atoms with E-state index in [1.165, 1.54) is 0 Å². The number of aromatic nitrogens is 3. The molecule has 27 heavy (non-hydrogen) atoms. The van der Waals surface area contributed by atoms with Crippen molar-refractivity contribution in [2.24, 2.45) is 0 Å². The number of aromatic amines is 1. The molecule has 2 aromatic rings. The molecule has 3 atom stereocenters. The van der Waals surface area contributed by atoms with Crippen molar-refractivity contribution < 1.29 is 14.9 Å². The zero-order chi connectivity index (χ0) is 19.4. The van der Waals surface area contributed by atoms with Crippen LogP contribution in [0.3, 0.4) is 0 Å². The average Bonchev–Trinajstić information content (AvgIpc) is 3.18. The van der Waals surface area contributed by atoms with Crippen molar-refractivity contribution in [1.82, 2.24) is 14.5 Å². The number of unbranched alkanes of at least 4 members (excludes halogenated alkanes) is 3. The number of rotatable bonds is 5. The van der Waals surface area contributed by atoms with Gasteiger partial charge in [-0.2, -0.15) is 4.98 Å². The number of hydrogen-bond donors (Lipinski definition) is 4. The highest BCUT2D eigenvalue weighted by Crippen LogP contribution is 2.32. The third-order valence-electron chi connectivity index (χ3n) is 4.49. The van der Waals surface area contributed by atoms with Gasteiger partial charge in [0.05, 0.1) is 23.7 Å². The van der Waals surface area contributed by atoms with Gasteiger partial charge in [-0.3, -0.25) is 9.78 Å². The molecule has 0 radical (unpaired) electrons. The Morgan fingerprint density at radius 2 is 2.22 bits per heavy atom. The molecule has 5 N–H and O–H groups in total. The Balaban J connectivity index is 1.95. The van der Waals surface area contributed by atoms with Crippen LogP contribution >= 0.6 is 0 Å².